The molecule has 20 heavy (non-hydrogen) atoms. The second-order valence-corrected chi connectivity index (χ2v) is 6.14. The molecular formula is C14H20N2O3S. The van der Waals surface area contributed by atoms with Gasteiger partial charge in [0, 0.05) is 18.6 Å². The van der Waals surface area contributed by atoms with Gasteiger partial charge in [-0.15, -0.1) is 0 Å². The van der Waals surface area contributed by atoms with E-state index in [9.17, 15) is 9.59 Å². The molecule has 1 fully saturated rings. The van der Waals surface area contributed by atoms with Crippen LogP contribution in [0.15, 0.2) is 16.8 Å². The van der Waals surface area contributed by atoms with Crippen LogP contribution >= 0.6 is 11.3 Å². The Hall–Kier alpha value is -1.56. The molecular weight excluding hydrogens is 276 g/mol. The van der Waals surface area contributed by atoms with Crippen molar-refractivity contribution in [1.82, 2.24) is 10.2 Å². The maximum absolute atomic E-state index is 12.3. The van der Waals surface area contributed by atoms with Crippen molar-refractivity contribution in [3.63, 3.8) is 0 Å². The minimum atomic E-state index is -0.895. The van der Waals surface area contributed by atoms with E-state index in [1.165, 1.54) is 0 Å². The Balaban J connectivity index is 1.95. The molecule has 2 amide bonds. The van der Waals surface area contributed by atoms with E-state index in [4.69, 9.17) is 5.11 Å². The molecule has 110 valence electrons. The van der Waals surface area contributed by atoms with Crippen LogP contribution in [0.2, 0.25) is 0 Å². The van der Waals surface area contributed by atoms with Crippen LogP contribution in [0.5, 0.6) is 0 Å². The van der Waals surface area contributed by atoms with Gasteiger partial charge in [-0.1, -0.05) is 0 Å². The lowest BCUT2D eigenvalue weighted by Gasteiger charge is -2.26. The zero-order valence-corrected chi connectivity index (χ0v) is 12.5. The van der Waals surface area contributed by atoms with E-state index in [2.05, 4.69) is 5.32 Å². The highest BCUT2D eigenvalue weighted by Crippen LogP contribution is 2.29. The largest absolute Gasteiger partial charge is 0.481 e. The van der Waals surface area contributed by atoms with Gasteiger partial charge >= 0.3 is 12.0 Å². The molecule has 1 aliphatic rings. The average molecular weight is 296 g/mol. The van der Waals surface area contributed by atoms with Gasteiger partial charge in [-0.3, -0.25) is 4.79 Å². The molecule has 2 N–H and O–H groups in total. The van der Waals surface area contributed by atoms with E-state index in [1.54, 1.807) is 25.2 Å². The normalized spacial score (nSPS) is 17.3. The van der Waals surface area contributed by atoms with Gasteiger partial charge in [0.05, 0.1) is 5.92 Å². The lowest BCUT2D eigenvalue weighted by molar-refractivity contribution is -0.141. The van der Waals surface area contributed by atoms with E-state index < -0.39 is 11.9 Å². The van der Waals surface area contributed by atoms with Gasteiger partial charge < -0.3 is 15.3 Å². The molecule has 1 heterocycles. The number of hydrogen-bond donors (Lipinski definition) is 2. The smallest absolute Gasteiger partial charge is 0.318 e. The highest BCUT2D eigenvalue weighted by atomic mass is 32.1. The number of rotatable bonds is 6. The SMILES string of the molecule is CC(NC(=O)N(Cc1ccsc1)C1CC1)C(C)C(=O)O. The van der Waals surface area contributed by atoms with E-state index in [1.807, 2.05) is 21.7 Å². The van der Waals surface area contributed by atoms with Crippen LogP contribution in [0, 0.1) is 5.92 Å². The molecule has 2 unspecified atom stereocenters. The summed E-state index contributed by atoms with van der Waals surface area (Å²) in [6.45, 7) is 3.92. The number of amides is 2. The van der Waals surface area contributed by atoms with E-state index in [-0.39, 0.29) is 12.1 Å². The summed E-state index contributed by atoms with van der Waals surface area (Å²) in [5.74, 6) is -1.49. The minimum Gasteiger partial charge on any atom is -0.481 e. The van der Waals surface area contributed by atoms with Crippen molar-refractivity contribution >= 4 is 23.3 Å². The van der Waals surface area contributed by atoms with Gasteiger partial charge in [0.25, 0.3) is 0 Å². The van der Waals surface area contributed by atoms with Crippen LogP contribution in [-0.2, 0) is 11.3 Å². The molecule has 0 aliphatic heterocycles. The quantitative estimate of drug-likeness (QED) is 0.847. The van der Waals surface area contributed by atoms with Crippen molar-refractivity contribution in [3.05, 3.63) is 22.4 Å². The van der Waals surface area contributed by atoms with Crippen molar-refractivity contribution in [1.29, 1.82) is 0 Å². The van der Waals surface area contributed by atoms with Gasteiger partial charge in [-0.05, 0) is 49.1 Å². The molecule has 6 heteroatoms. The predicted molar refractivity (Wildman–Crippen MR) is 77.7 cm³/mol. The Labute approximate surface area is 122 Å². The van der Waals surface area contributed by atoms with Gasteiger partial charge in [0.2, 0.25) is 0 Å². The molecule has 0 aromatic carbocycles. The molecule has 0 saturated heterocycles. The predicted octanol–water partition coefficient (Wildman–Crippen LogP) is 2.53. The first-order chi connectivity index (χ1) is 9.49. The fourth-order valence-electron chi connectivity index (χ4n) is 1.95. The second kappa shape index (κ2) is 6.26. The lowest BCUT2D eigenvalue weighted by Crippen LogP contribution is -2.47. The van der Waals surface area contributed by atoms with Crippen molar-refractivity contribution in [3.8, 4) is 0 Å². The van der Waals surface area contributed by atoms with Crippen molar-refractivity contribution in [2.24, 2.45) is 5.92 Å². The summed E-state index contributed by atoms with van der Waals surface area (Å²) in [6, 6.07) is 1.75. The van der Waals surface area contributed by atoms with Gasteiger partial charge in [-0.25, -0.2) is 4.79 Å². The number of aliphatic carboxylic acids is 1. The third-order valence-corrected chi connectivity index (χ3v) is 4.40. The van der Waals surface area contributed by atoms with E-state index >= 15 is 0 Å². The Bertz CT molecular complexity index is 471. The summed E-state index contributed by atoms with van der Waals surface area (Å²) < 4.78 is 0. The fraction of sp³-hybridized carbons (Fsp3) is 0.571. The number of carbonyl (C=O) groups excluding carboxylic acids is 1. The summed E-state index contributed by atoms with van der Waals surface area (Å²) in [5, 5.41) is 15.8. The molecule has 0 radical (unpaired) electrons. The minimum absolute atomic E-state index is 0.167. The van der Waals surface area contributed by atoms with Crippen LogP contribution in [-0.4, -0.2) is 34.1 Å². The monoisotopic (exact) mass is 296 g/mol. The molecule has 1 aromatic rings. The maximum atomic E-state index is 12.3. The number of hydrogen-bond acceptors (Lipinski definition) is 3. The van der Waals surface area contributed by atoms with Gasteiger partial charge in [-0.2, -0.15) is 11.3 Å². The Morgan fingerprint density at radius 1 is 1.50 bits per heavy atom. The number of nitrogens with one attached hydrogen (secondary N) is 1. The summed E-state index contributed by atoms with van der Waals surface area (Å²) in [7, 11) is 0. The zero-order valence-electron chi connectivity index (χ0n) is 11.7. The van der Waals surface area contributed by atoms with Crippen molar-refractivity contribution < 1.29 is 14.7 Å². The standard InChI is InChI=1S/C14H20N2O3S/c1-9(13(17)18)10(2)15-14(19)16(12-3-4-12)7-11-5-6-20-8-11/h5-6,8-10,12H,3-4,7H2,1-2H3,(H,15,19)(H,17,18). The lowest BCUT2D eigenvalue weighted by atomic mass is 10.0. The number of nitrogens with zero attached hydrogens (tertiary/aromatic N) is 1. The maximum Gasteiger partial charge on any atom is 0.318 e. The Kier molecular flexibility index (Phi) is 4.65. The third kappa shape index (κ3) is 3.72. The van der Waals surface area contributed by atoms with Crippen LogP contribution < -0.4 is 5.32 Å². The van der Waals surface area contributed by atoms with E-state index in [0.29, 0.717) is 12.6 Å². The molecule has 0 spiro atoms. The summed E-state index contributed by atoms with van der Waals surface area (Å²) >= 11 is 1.61. The summed E-state index contributed by atoms with van der Waals surface area (Å²) in [4.78, 5) is 25.1. The van der Waals surface area contributed by atoms with Crippen LogP contribution in [0.4, 0.5) is 4.79 Å². The number of carboxylic acid groups (broad SMARTS) is 1. The molecule has 1 aromatic heterocycles. The molecule has 0 bridgehead atoms. The molecule has 2 rings (SSSR count). The molecule has 1 aliphatic carbocycles. The van der Waals surface area contributed by atoms with Gasteiger partial charge in [0.1, 0.15) is 0 Å². The zero-order chi connectivity index (χ0) is 14.7. The number of urea groups is 1. The number of thiophene rings is 1. The molecule has 2 atom stereocenters. The Morgan fingerprint density at radius 2 is 2.20 bits per heavy atom. The average Bonchev–Trinajstić information content (AvgIpc) is 3.11. The molecule has 1 saturated carbocycles. The first-order valence-corrected chi connectivity index (χ1v) is 7.74. The molecule has 5 nitrogen and oxygen atoms in total. The van der Waals surface area contributed by atoms with Crippen LogP contribution in [0.25, 0.3) is 0 Å². The number of carboxylic acids is 1. The summed E-state index contributed by atoms with van der Waals surface area (Å²) in [6.07, 6.45) is 2.06. The highest BCUT2D eigenvalue weighted by molar-refractivity contribution is 7.07. The summed E-state index contributed by atoms with van der Waals surface area (Å²) in [5.41, 5.74) is 1.12. The number of carbonyl (C=O) groups is 2. The third-order valence-electron chi connectivity index (χ3n) is 3.67. The van der Waals surface area contributed by atoms with Crippen LogP contribution in [0.1, 0.15) is 32.3 Å². The highest BCUT2D eigenvalue weighted by Gasteiger charge is 2.34. The van der Waals surface area contributed by atoms with E-state index in [0.717, 1.165) is 18.4 Å². The van der Waals surface area contributed by atoms with Crippen LogP contribution in [0.3, 0.4) is 0 Å². The fourth-order valence-corrected chi connectivity index (χ4v) is 2.61. The van der Waals surface area contributed by atoms with Crippen molar-refractivity contribution in [2.45, 2.75) is 45.3 Å². The topological polar surface area (TPSA) is 69.6 Å². The van der Waals surface area contributed by atoms with Gasteiger partial charge in [0.15, 0.2) is 0 Å². The van der Waals surface area contributed by atoms with Crippen molar-refractivity contribution in [2.75, 3.05) is 0 Å². The Morgan fingerprint density at radius 3 is 2.70 bits per heavy atom. The first-order valence-electron chi connectivity index (χ1n) is 6.80. The first kappa shape index (κ1) is 14.8. The second-order valence-electron chi connectivity index (χ2n) is 5.36.